The number of hydrogen-bond donors (Lipinski definition) is 1. The number of hydrogen-bond acceptors (Lipinski definition) is 3. The molecule has 0 saturated carbocycles. The summed E-state index contributed by atoms with van der Waals surface area (Å²) in [5.74, 6) is 2.16. The average Bonchev–Trinajstić information content (AvgIpc) is 2.45. The van der Waals surface area contributed by atoms with Crippen LogP contribution in [0, 0.1) is 11.8 Å². The van der Waals surface area contributed by atoms with Crippen molar-refractivity contribution in [3.63, 3.8) is 0 Å². The standard InChI is InChI=1S/C18H28N2O/c1-13-8-10-20(11-9-13)12-15-17(19)14-6-4-5-7-16(14)21-18(15,2)3/h4-7,13,15,17H,8-12,19H2,1-3H3. The molecule has 2 aliphatic rings. The molecule has 3 rings (SSSR count). The van der Waals surface area contributed by atoms with Gasteiger partial charge >= 0.3 is 0 Å². The number of rotatable bonds is 2. The summed E-state index contributed by atoms with van der Waals surface area (Å²) in [7, 11) is 0. The Hall–Kier alpha value is -1.06. The highest BCUT2D eigenvalue weighted by molar-refractivity contribution is 5.39. The van der Waals surface area contributed by atoms with Crippen LogP contribution in [0.4, 0.5) is 0 Å². The lowest BCUT2D eigenvalue weighted by atomic mass is 9.78. The molecule has 2 aliphatic heterocycles. The SMILES string of the molecule is CC1CCN(CC2C(N)c3ccccc3OC2(C)C)CC1. The van der Waals surface area contributed by atoms with Gasteiger partial charge in [0, 0.05) is 24.1 Å². The normalized spacial score (nSPS) is 29.7. The van der Waals surface area contributed by atoms with Crippen LogP contribution < -0.4 is 10.5 Å². The molecule has 1 aromatic carbocycles. The number of ether oxygens (including phenoxy) is 1. The zero-order valence-corrected chi connectivity index (χ0v) is 13.5. The Morgan fingerprint density at radius 3 is 2.62 bits per heavy atom. The smallest absolute Gasteiger partial charge is 0.124 e. The fourth-order valence-corrected chi connectivity index (χ4v) is 3.71. The van der Waals surface area contributed by atoms with Crippen LogP contribution in [0.1, 0.15) is 45.2 Å². The van der Waals surface area contributed by atoms with Gasteiger partial charge in [0.2, 0.25) is 0 Å². The van der Waals surface area contributed by atoms with Crippen molar-refractivity contribution in [3.8, 4) is 5.75 Å². The number of likely N-dealkylation sites (tertiary alicyclic amines) is 1. The quantitative estimate of drug-likeness (QED) is 0.908. The lowest BCUT2D eigenvalue weighted by Crippen LogP contribution is -2.52. The molecule has 0 aromatic heterocycles. The summed E-state index contributed by atoms with van der Waals surface area (Å²) in [6.45, 7) is 10.1. The Morgan fingerprint density at radius 1 is 1.24 bits per heavy atom. The van der Waals surface area contributed by atoms with Crippen LogP contribution >= 0.6 is 0 Å². The first-order chi connectivity index (χ1) is 9.97. The van der Waals surface area contributed by atoms with Crippen molar-refractivity contribution in [2.45, 2.75) is 45.3 Å². The molecular formula is C18H28N2O. The topological polar surface area (TPSA) is 38.5 Å². The highest BCUT2D eigenvalue weighted by Gasteiger charge is 2.42. The minimum atomic E-state index is -0.211. The predicted molar refractivity (Wildman–Crippen MR) is 86.4 cm³/mol. The van der Waals surface area contributed by atoms with E-state index in [4.69, 9.17) is 10.5 Å². The Kier molecular flexibility index (Phi) is 3.98. The molecule has 0 bridgehead atoms. The number of para-hydroxylation sites is 1. The van der Waals surface area contributed by atoms with Gasteiger partial charge in [0.25, 0.3) is 0 Å². The van der Waals surface area contributed by atoms with E-state index in [1.807, 2.05) is 12.1 Å². The summed E-state index contributed by atoms with van der Waals surface area (Å²) < 4.78 is 6.26. The van der Waals surface area contributed by atoms with Crippen molar-refractivity contribution in [1.82, 2.24) is 4.90 Å². The number of piperidine rings is 1. The summed E-state index contributed by atoms with van der Waals surface area (Å²) in [5, 5.41) is 0. The molecule has 2 N–H and O–H groups in total. The number of fused-ring (bicyclic) bond motifs is 1. The number of nitrogens with two attached hydrogens (primary N) is 1. The Labute approximate surface area is 128 Å². The number of benzene rings is 1. The maximum atomic E-state index is 6.60. The highest BCUT2D eigenvalue weighted by atomic mass is 16.5. The monoisotopic (exact) mass is 288 g/mol. The lowest BCUT2D eigenvalue weighted by Gasteiger charge is -2.46. The summed E-state index contributed by atoms with van der Waals surface area (Å²) in [6, 6.07) is 8.29. The van der Waals surface area contributed by atoms with Crippen LogP contribution in [0.15, 0.2) is 24.3 Å². The molecule has 3 heteroatoms. The highest BCUT2D eigenvalue weighted by Crippen LogP contribution is 2.42. The van der Waals surface area contributed by atoms with Crippen LogP contribution in [0.2, 0.25) is 0 Å². The van der Waals surface area contributed by atoms with Gasteiger partial charge in [-0.2, -0.15) is 0 Å². The van der Waals surface area contributed by atoms with Crippen molar-refractivity contribution >= 4 is 0 Å². The lowest BCUT2D eigenvalue weighted by molar-refractivity contribution is -0.0109. The van der Waals surface area contributed by atoms with Crippen LogP contribution in [-0.2, 0) is 0 Å². The van der Waals surface area contributed by atoms with Gasteiger partial charge in [-0.25, -0.2) is 0 Å². The van der Waals surface area contributed by atoms with Crippen LogP contribution in [-0.4, -0.2) is 30.1 Å². The third-order valence-electron chi connectivity index (χ3n) is 5.31. The van der Waals surface area contributed by atoms with E-state index in [1.165, 1.54) is 25.9 Å². The molecule has 0 spiro atoms. The second-order valence-corrected chi connectivity index (χ2v) is 7.36. The average molecular weight is 288 g/mol. The van der Waals surface area contributed by atoms with Crippen molar-refractivity contribution in [2.24, 2.45) is 17.6 Å². The van der Waals surface area contributed by atoms with Crippen LogP contribution in [0.25, 0.3) is 0 Å². The van der Waals surface area contributed by atoms with Gasteiger partial charge in [0.15, 0.2) is 0 Å². The summed E-state index contributed by atoms with van der Waals surface area (Å²) in [4.78, 5) is 2.57. The predicted octanol–water partition coefficient (Wildman–Crippen LogP) is 3.21. The van der Waals surface area contributed by atoms with E-state index in [0.29, 0.717) is 5.92 Å². The van der Waals surface area contributed by atoms with E-state index in [0.717, 1.165) is 23.8 Å². The third-order valence-corrected chi connectivity index (χ3v) is 5.31. The molecule has 21 heavy (non-hydrogen) atoms. The van der Waals surface area contributed by atoms with E-state index in [-0.39, 0.29) is 11.6 Å². The van der Waals surface area contributed by atoms with Crippen molar-refractivity contribution in [2.75, 3.05) is 19.6 Å². The molecule has 0 aliphatic carbocycles. The van der Waals surface area contributed by atoms with Gasteiger partial charge in [0.05, 0.1) is 0 Å². The van der Waals surface area contributed by atoms with E-state index in [9.17, 15) is 0 Å². The van der Waals surface area contributed by atoms with Crippen molar-refractivity contribution in [1.29, 1.82) is 0 Å². The first-order valence-electron chi connectivity index (χ1n) is 8.23. The number of nitrogens with zero attached hydrogens (tertiary/aromatic N) is 1. The molecule has 1 aromatic rings. The largest absolute Gasteiger partial charge is 0.487 e. The van der Waals surface area contributed by atoms with Crippen LogP contribution in [0.5, 0.6) is 5.75 Å². The molecule has 1 fully saturated rings. The molecule has 2 atom stereocenters. The zero-order valence-electron chi connectivity index (χ0n) is 13.5. The van der Waals surface area contributed by atoms with Gasteiger partial charge in [0.1, 0.15) is 11.4 Å². The molecule has 1 saturated heterocycles. The summed E-state index contributed by atoms with van der Waals surface area (Å²) in [5.41, 5.74) is 7.55. The second kappa shape index (κ2) is 5.62. The van der Waals surface area contributed by atoms with E-state index in [1.54, 1.807) is 0 Å². The minimum Gasteiger partial charge on any atom is -0.487 e. The first-order valence-corrected chi connectivity index (χ1v) is 8.23. The zero-order chi connectivity index (χ0) is 15.0. The Balaban J connectivity index is 1.78. The fourth-order valence-electron chi connectivity index (χ4n) is 3.71. The maximum absolute atomic E-state index is 6.60. The van der Waals surface area contributed by atoms with Crippen LogP contribution in [0.3, 0.4) is 0 Å². The summed E-state index contributed by atoms with van der Waals surface area (Å²) >= 11 is 0. The van der Waals surface area contributed by atoms with Gasteiger partial charge in [-0.3, -0.25) is 0 Å². The summed E-state index contributed by atoms with van der Waals surface area (Å²) in [6.07, 6.45) is 2.61. The molecular weight excluding hydrogens is 260 g/mol. The Bertz CT molecular complexity index is 492. The minimum absolute atomic E-state index is 0.0595. The molecule has 2 unspecified atom stereocenters. The molecule has 3 nitrogen and oxygen atoms in total. The fraction of sp³-hybridized carbons (Fsp3) is 0.667. The van der Waals surface area contributed by atoms with E-state index >= 15 is 0 Å². The molecule has 0 radical (unpaired) electrons. The maximum Gasteiger partial charge on any atom is 0.124 e. The molecule has 0 amide bonds. The Morgan fingerprint density at radius 2 is 1.90 bits per heavy atom. The molecule has 116 valence electrons. The molecule has 2 heterocycles. The van der Waals surface area contributed by atoms with Gasteiger partial charge < -0.3 is 15.4 Å². The van der Waals surface area contributed by atoms with E-state index in [2.05, 4.69) is 37.8 Å². The van der Waals surface area contributed by atoms with Crippen molar-refractivity contribution in [3.05, 3.63) is 29.8 Å². The van der Waals surface area contributed by atoms with Gasteiger partial charge in [-0.1, -0.05) is 25.1 Å². The first kappa shape index (κ1) is 14.9. The van der Waals surface area contributed by atoms with E-state index < -0.39 is 0 Å². The van der Waals surface area contributed by atoms with Crippen molar-refractivity contribution < 1.29 is 4.74 Å². The van der Waals surface area contributed by atoms with Gasteiger partial charge in [-0.15, -0.1) is 0 Å². The second-order valence-electron chi connectivity index (χ2n) is 7.36. The van der Waals surface area contributed by atoms with Gasteiger partial charge in [-0.05, 0) is 51.8 Å². The third kappa shape index (κ3) is 2.95.